The number of carboxylic acids is 1. The standard InChI is InChI=1S/C17H23NO3/c1-12(17(19)20)14-7-5-13(6-8-14)11-18-9-10-21-16-4-2-3-15(16)18/h5-8,12,15-16H,2-4,9-11H2,1H3,(H,19,20). The maximum atomic E-state index is 11.0. The number of fused-ring (bicyclic) bond motifs is 1. The monoisotopic (exact) mass is 289 g/mol. The molecule has 0 amide bonds. The van der Waals surface area contributed by atoms with Crippen molar-refractivity contribution < 1.29 is 14.6 Å². The minimum Gasteiger partial charge on any atom is -0.481 e. The molecule has 1 heterocycles. The van der Waals surface area contributed by atoms with Crippen LogP contribution in [0.15, 0.2) is 24.3 Å². The van der Waals surface area contributed by atoms with Crippen LogP contribution in [-0.2, 0) is 16.1 Å². The summed E-state index contributed by atoms with van der Waals surface area (Å²) in [5.74, 6) is -1.22. The summed E-state index contributed by atoms with van der Waals surface area (Å²) in [6, 6.07) is 8.58. The van der Waals surface area contributed by atoms with Gasteiger partial charge < -0.3 is 9.84 Å². The Bertz CT molecular complexity index is 499. The number of benzene rings is 1. The summed E-state index contributed by atoms with van der Waals surface area (Å²) < 4.78 is 5.84. The highest BCUT2D eigenvalue weighted by atomic mass is 16.5. The molecular weight excluding hydrogens is 266 g/mol. The molecule has 0 bridgehead atoms. The smallest absolute Gasteiger partial charge is 0.310 e. The molecular formula is C17H23NO3. The number of hydrogen-bond donors (Lipinski definition) is 1. The van der Waals surface area contributed by atoms with Crippen LogP contribution in [0.4, 0.5) is 0 Å². The summed E-state index contributed by atoms with van der Waals surface area (Å²) in [5, 5.41) is 9.05. The van der Waals surface area contributed by atoms with Gasteiger partial charge in [-0.1, -0.05) is 24.3 Å². The summed E-state index contributed by atoms with van der Waals surface area (Å²) >= 11 is 0. The van der Waals surface area contributed by atoms with Crippen molar-refractivity contribution in [1.82, 2.24) is 4.90 Å². The van der Waals surface area contributed by atoms with E-state index >= 15 is 0 Å². The fourth-order valence-electron chi connectivity index (χ4n) is 3.49. The SMILES string of the molecule is CC(C(=O)O)c1ccc(CN2CCOC3CCCC32)cc1. The molecule has 114 valence electrons. The van der Waals surface area contributed by atoms with Crippen molar-refractivity contribution in [2.75, 3.05) is 13.2 Å². The zero-order valence-corrected chi connectivity index (χ0v) is 12.5. The largest absolute Gasteiger partial charge is 0.481 e. The molecule has 3 atom stereocenters. The Morgan fingerprint density at radius 3 is 2.86 bits per heavy atom. The summed E-state index contributed by atoms with van der Waals surface area (Å²) in [6.45, 7) is 4.48. The van der Waals surface area contributed by atoms with Crippen LogP contribution in [0.3, 0.4) is 0 Å². The number of carbonyl (C=O) groups is 1. The molecule has 3 rings (SSSR count). The third-order valence-corrected chi connectivity index (χ3v) is 4.83. The Morgan fingerprint density at radius 1 is 1.38 bits per heavy atom. The molecule has 1 aliphatic heterocycles. The average Bonchev–Trinajstić information content (AvgIpc) is 2.97. The van der Waals surface area contributed by atoms with Gasteiger partial charge in [0.1, 0.15) is 0 Å². The van der Waals surface area contributed by atoms with E-state index in [-0.39, 0.29) is 0 Å². The second kappa shape index (κ2) is 6.16. The van der Waals surface area contributed by atoms with Crippen LogP contribution in [0.2, 0.25) is 0 Å². The normalized spacial score (nSPS) is 27.3. The van der Waals surface area contributed by atoms with Crippen LogP contribution in [-0.4, -0.2) is 41.3 Å². The molecule has 4 nitrogen and oxygen atoms in total. The second-order valence-electron chi connectivity index (χ2n) is 6.18. The van der Waals surface area contributed by atoms with E-state index in [9.17, 15) is 4.79 Å². The van der Waals surface area contributed by atoms with Crippen LogP contribution in [0.25, 0.3) is 0 Å². The topological polar surface area (TPSA) is 49.8 Å². The van der Waals surface area contributed by atoms with Crippen molar-refractivity contribution in [2.45, 2.75) is 50.8 Å². The van der Waals surface area contributed by atoms with Crippen molar-refractivity contribution in [3.8, 4) is 0 Å². The highest BCUT2D eigenvalue weighted by Gasteiger charge is 2.35. The molecule has 1 aromatic carbocycles. The van der Waals surface area contributed by atoms with Gasteiger partial charge in [0.2, 0.25) is 0 Å². The zero-order valence-electron chi connectivity index (χ0n) is 12.5. The number of rotatable bonds is 4. The van der Waals surface area contributed by atoms with Crippen LogP contribution < -0.4 is 0 Å². The molecule has 2 aliphatic rings. The van der Waals surface area contributed by atoms with E-state index in [1.807, 2.05) is 12.1 Å². The zero-order chi connectivity index (χ0) is 14.8. The molecule has 1 aromatic rings. The Hall–Kier alpha value is -1.39. The molecule has 3 unspecified atom stereocenters. The lowest BCUT2D eigenvalue weighted by Crippen LogP contribution is -2.47. The Balaban J connectivity index is 1.66. The third kappa shape index (κ3) is 3.11. The summed E-state index contributed by atoms with van der Waals surface area (Å²) in [5.41, 5.74) is 2.12. The Kier molecular flexibility index (Phi) is 4.27. The summed E-state index contributed by atoms with van der Waals surface area (Å²) in [6.07, 6.45) is 4.11. The van der Waals surface area contributed by atoms with Gasteiger partial charge in [0.15, 0.2) is 0 Å². The molecule has 1 N–H and O–H groups in total. The lowest BCUT2D eigenvalue weighted by atomic mass is 9.99. The van der Waals surface area contributed by atoms with Gasteiger partial charge >= 0.3 is 5.97 Å². The minimum absolute atomic E-state index is 0.421. The fourth-order valence-corrected chi connectivity index (χ4v) is 3.49. The third-order valence-electron chi connectivity index (χ3n) is 4.83. The molecule has 21 heavy (non-hydrogen) atoms. The summed E-state index contributed by atoms with van der Waals surface area (Å²) in [4.78, 5) is 13.5. The molecule has 1 saturated carbocycles. The number of nitrogens with zero attached hydrogens (tertiary/aromatic N) is 1. The first-order chi connectivity index (χ1) is 10.1. The van der Waals surface area contributed by atoms with Crippen molar-refractivity contribution in [2.24, 2.45) is 0 Å². The summed E-state index contributed by atoms with van der Waals surface area (Å²) in [7, 11) is 0. The maximum Gasteiger partial charge on any atom is 0.310 e. The van der Waals surface area contributed by atoms with E-state index in [1.54, 1.807) is 6.92 Å². The number of hydrogen-bond acceptors (Lipinski definition) is 3. The van der Waals surface area contributed by atoms with Gasteiger partial charge in [0.05, 0.1) is 18.6 Å². The van der Waals surface area contributed by atoms with Crippen LogP contribution in [0.5, 0.6) is 0 Å². The lowest BCUT2D eigenvalue weighted by molar-refractivity contribution is -0.138. The Labute approximate surface area is 125 Å². The van der Waals surface area contributed by atoms with Gasteiger partial charge in [-0.05, 0) is 37.3 Å². The lowest BCUT2D eigenvalue weighted by Gasteiger charge is -2.37. The predicted molar refractivity (Wildman–Crippen MR) is 80.3 cm³/mol. The number of ether oxygens (including phenoxy) is 1. The van der Waals surface area contributed by atoms with E-state index in [2.05, 4.69) is 17.0 Å². The highest BCUT2D eigenvalue weighted by Crippen LogP contribution is 2.30. The van der Waals surface area contributed by atoms with Gasteiger partial charge in [0.25, 0.3) is 0 Å². The second-order valence-corrected chi connectivity index (χ2v) is 6.18. The van der Waals surface area contributed by atoms with Crippen LogP contribution in [0, 0.1) is 0 Å². The molecule has 4 heteroatoms. The van der Waals surface area contributed by atoms with Crippen LogP contribution >= 0.6 is 0 Å². The molecule has 2 fully saturated rings. The minimum atomic E-state index is -0.773. The van der Waals surface area contributed by atoms with Crippen molar-refractivity contribution in [1.29, 1.82) is 0 Å². The predicted octanol–water partition coefficient (Wildman–Crippen LogP) is 2.63. The van der Waals surface area contributed by atoms with Gasteiger partial charge in [-0.3, -0.25) is 9.69 Å². The van der Waals surface area contributed by atoms with E-state index < -0.39 is 11.9 Å². The Morgan fingerprint density at radius 2 is 2.14 bits per heavy atom. The van der Waals surface area contributed by atoms with E-state index in [4.69, 9.17) is 9.84 Å². The first-order valence-electron chi connectivity index (χ1n) is 7.82. The average molecular weight is 289 g/mol. The van der Waals surface area contributed by atoms with Crippen LogP contribution in [0.1, 0.15) is 43.2 Å². The van der Waals surface area contributed by atoms with Crippen molar-refractivity contribution in [3.05, 3.63) is 35.4 Å². The quantitative estimate of drug-likeness (QED) is 0.925. The van der Waals surface area contributed by atoms with Crippen molar-refractivity contribution in [3.63, 3.8) is 0 Å². The van der Waals surface area contributed by atoms with Crippen molar-refractivity contribution >= 4 is 5.97 Å². The van der Waals surface area contributed by atoms with E-state index in [0.717, 1.165) is 25.3 Å². The van der Waals surface area contributed by atoms with Gasteiger partial charge in [-0.15, -0.1) is 0 Å². The van der Waals surface area contributed by atoms with Gasteiger partial charge in [-0.2, -0.15) is 0 Å². The first-order valence-corrected chi connectivity index (χ1v) is 7.82. The first kappa shape index (κ1) is 14.5. The number of carboxylic acid groups (broad SMARTS) is 1. The molecule has 0 radical (unpaired) electrons. The number of aliphatic carboxylic acids is 1. The number of morpholine rings is 1. The van der Waals surface area contributed by atoms with Gasteiger partial charge in [-0.25, -0.2) is 0 Å². The molecule has 0 spiro atoms. The van der Waals surface area contributed by atoms with E-state index in [1.165, 1.54) is 24.8 Å². The van der Waals surface area contributed by atoms with Gasteiger partial charge in [0, 0.05) is 19.1 Å². The molecule has 1 aliphatic carbocycles. The molecule has 1 saturated heterocycles. The highest BCUT2D eigenvalue weighted by molar-refractivity contribution is 5.75. The fraction of sp³-hybridized carbons (Fsp3) is 0.588. The molecule has 0 aromatic heterocycles. The maximum absolute atomic E-state index is 11.0. The van der Waals surface area contributed by atoms with E-state index in [0.29, 0.717) is 12.1 Å².